The molecule has 0 spiro atoms. The first-order valence-electron chi connectivity index (χ1n) is 7.20. The van der Waals surface area contributed by atoms with Crippen molar-refractivity contribution >= 4 is 29.3 Å². The number of amides is 2. The summed E-state index contributed by atoms with van der Waals surface area (Å²) in [6.45, 7) is 1.84. The summed E-state index contributed by atoms with van der Waals surface area (Å²) in [6.07, 6.45) is 5.40. The Morgan fingerprint density at radius 3 is 2.62 bits per heavy atom. The Balaban J connectivity index is 2.22. The molecule has 0 atom stereocenters. The van der Waals surface area contributed by atoms with Crippen LogP contribution in [-0.4, -0.2) is 18.0 Å². The Labute approximate surface area is 130 Å². The number of nitrogens with one attached hydrogen (secondary N) is 2. The summed E-state index contributed by atoms with van der Waals surface area (Å²) < 4.78 is 0. The van der Waals surface area contributed by atoms with Crippen molar-refractivity contribution in [2.75, 3.05) is 4.90 Å². The van der Waals surface area contributed by atoms with Crippen molar-refractivity contribution in [1.82, 2.24) is 5.32 Å². The molecular formula is C15H21ClN4O. The van der Waals surface area contributed by atoms with Crippen molar-refractivity contribution in [3.63, 3.8) is 0 Å². The number of benzene rings is 1. The Morgan fingerprint density at radius 1 is 1.38 bits per heavy atom. The molecule has 0 unspecified atom stereocenters. The van der Waals surface area contributed by atoms with E-state index in [1.807, 2.05) is 13.0 Å². The third kappa shape index (κ3) is 3.67. The minimum absolute atomic E-state index is 0.149. The number of carbonyl (C=O) groups excluding carboxylic acids is 1. The first-order chi connectivity index (χ1) is 10.0. The van der Waals surface area contributed by atoms with E-state index < -0.39 is 0 Å². The van der Waals surface area contributed by atoms with Crippen LogP contribution in [0.3, 0.4) is 0 Å². The van der Waals surface area contributed by atoms with Gasteiger partial charge in [0.1, 0.15) is 0 Å². The lowest BCUT2D eigenvalue weighted by Crippen LogP contribution is -2.51. The molecule has 1 aliphatic carbocycles. The van der Waals surface area contributed by atoms with Gasteiger partial charge in [0.2, 0.25) is 5.96 Å². The number of rotatable bonds is 2. The quantitative estimate of drug-likeness (QED) is 0.578. The molecule has 6 heteroatoms. The molecule has 0 saturated heterocycles. The number of hydrogen-bond donors (Lipinski definition) is 3. The summed E-state index contributed by atoms with van der Waals surface area (Å²) in [5.74, 6) is -0.334. The maximum Gasteiger partial charge on any atom is 0.329 e. The van der Waals surface area contributed by atoms with Crippen LogP contribution >= 0.6 is 11.6 Å². The highest BCUT2D eigenvalue weighted by atomic mass is 35.5. The van der Waals surface area contributed by atoms with Crippen molar-refractivity contribution in [3.8, 4) is 0 Å². The molecule has 0 aromatic heterocycles. The monoisotopic (exact) mass is 308 g/mol. The summed E-state index contributed by atoms with van der Waals surface area (Å²) in [6, 6.07) is 5.10. The average molecular weight is 309 g/mol. The Bertz CT molecular complexity index is 520. The Morgan fingerprint density at radius 2 is 2.05 bits per heavy atom. The van der Waals surface area contributed by atoms with E-state index in [1.165, 1.54) is 6.42 Å². The second-order valence-corrected chi connectivity index (χ2v) is 5.82. The molecule has 2 rings (SSSR count). The van der Waals surface area contributed by atoms with Gasteiger partial charge < -0.3 is 11.1 Å². The molecule has 21 heavy (non-hydrogen) atoms. The molecule has 1 aromatic rings. The van der Waals surface area contributed by atoms with Crippen LogP contribution in [0, 0.1) is 12.3 Å². The van der Waals surface area contributed by atoms with Gasteiger partial charge in [0.25, 0.3) is 0 Å². The molecule has 1 saturated carbocycles. The molecular weight excluding hydrogens is 288 g/mol. The van der Waals surface area contributed by atoms with Gasteiger partial charge in [0.15, 0.2) is 0 Å². The normalized spacial score (nSPS) is 15.5. The van der Waals surface area contributed by atoms with Gasteiger partial charge in [-0.1, -0.05) is 43.0 Å². The summed E-state index contributed by atoms with van der Waals surface area (Å²) in [5.41, 5.74) is 6.88. The Hall–Kier alpha value is -1.75. The molecule has 0 radical (unpaired) electrons. The van der Waals surface area contributed by atoms with Crippen molar-refractivity contribution < 1.29 is 4.79 Å². The van der Waals surface area contributed by atoms with Crippen molar-refractivity contribution in [1.29, 1.82) is 5.41 Å². The molecule has 0 aliphatic heterocycles. The van der Waals surface area contributed by atoms with Crippen LogP contribution in [0.5, 0.6) is 0 Å². The van der Waals surface area contributed by atoms with Gasteiger partial charge in [0, 0.05) is 6.04 Å². The number of nitrogens with two attached hydrogens (primary N) is 1. The van der Waals surface area contributed by atoms with Gasteiger partial charge in [-0.3, -0.25) is 5.41 Å². The van der Waals surface area contributed by atoms with Gasteiger partial charge in [-0.25, -0.2) is 9.69 Å². The highest BCUT2D eigenvalue weighted by molar-refractivity contribution is 6.35. The van der Waals surface area contributed by atoms with E-state index in [4.69, 9.17) is 22.7 Å². The topological polar surface area (TPSA) is 82.2 Å². The number of para-hydroxylation sites is 1. The van der Waals surface area contributed by atoms with Crippen molar-refractivity contribution in [3.05, 3.63) is 28.8 Å². The van der Waals surface area contributed by atoms with Gasteiger partial charge in [-0.05, 0) is 31.4 Å². The summed E-state index contributed by atoms with van der Waals surface area (Å²) in [4.78, 5) is 13.6. The lowest BCUT2D eigenvalue weighted by atomic mass is 9.96. The fraction of sp³-hybridized carbons (Fsp3) is 0.467. The van der Waals surface area contributed by atoms with Crippen LogP contribution in [0.15, 0.2) is 18.2 Å². The second kappa shape index (κ2) is 6.80. The minimum atomic E-state index is -0.384. The molecule has 4 N–H and O–H groups in total. The molecule has 0 heterocycles. The van der Waals surface area contributed by atoms with Crippen LogP contribution < -0.4 is 16.0 Å². The highest BCUT2D eigenvalue weighted by Crippen LogP contribution is 2.29. The van der Waals surface area contributed by atoms with E-state index >= 15 is 0 Å². The van der Waals surface area contributed by atoms with Crippen molar-refractivity contribution in [2.45, 2.75) is 45.1 Å². The van der Waals surface area contributed by atoms with Crippen molar-refractivity contribution in [2.24, 2.45) is 5.73 Å². The van der Waals surface area contributed by atoms with E-state index in [2.05, 4.69) is 5.32 Å². The van der Waals surface area contributed by atoms with E-state index in [-0.39, 0.29) is 18.0 Å². The zero-order valence-electron chi connectivity index (χ0n) is 12.2. The first-order valence-corrected chi connectivity index (χ1v) is 7.58. The smallest absolute Gasteiger partial charge is 0.329 e. The number of anilines is 1. The molecule has 114 valence electrons. The number of halogens is 1. The Kier molecular flexibility index (Phi) is 5.07. The fourth-order valence-electron chi connectivity index (χ4n) is 2.72. The fourth-order valence-corrected chi connectivity index (χ4v) is 3.03. The van der Waals surface area contributed by atoms with E-state index in [9.17, 15) is 4.79 Å². The predicted molar refractivity (Wildman–Crippen MR) is 86.0 cm³/mol. The molecule has 1 fully saturated rings. The lowest BCUT2D eigenvalue weighted by molar-refractivity contribution is 0.241. The number of guanidine groups is 1. The largest absolute Gasteiger partial charge is 0.369 e. The minimum Gasteiger partial charge on any atom is -0.369 e. The first kappa shape index (κ1) is 15.6. The maximum absolute atomic E-state index is 12.5. The number of aryl methyl sites for hydroxylation is 1. The van der Waals surface area contributed by atoms with Gasteiger partial charge in [0.05, 0.1) is 10.7 Å². The molecule has 0 bridgehead atoms. The predicted octanol–water partition coefficient (Wildman–Crippen LogP) is 3.39. The van der Waals surface area contributed by atoms with Crippen LogP contribution in [-0.2, 0) is 0 Å². The van der Waals surface area contributed by atoms with E-state index in [0.717, 1.165) is 36.1 Å². The van der Waals surface area contributed by atoms with Gasteiger partial charge in [-0.2, -0.15) is 0 Å². The SMILES string of the molecule is Cc1cccc(Cl)c1N(C(=N)N)C(=O)NC1CCCCC1. The molecule has 1 aromatic carbocycles. The summed E-state index contributed by atoms with van der Waals surface area (Å²) >= 11 is 6.18. The zero-order chi connectivity index (χ0) is 15.4. The van der Waals surface area contributed by atoms with Crippen LogP contribution in [0.25, 0.3) is 0 Å². The van der Waals surface area contributed by atoms with Gasteiger partial charge >= 0.3 is 6.03 Å². The number of carbonyl (C=O) groups is 1. The van der Waals surface area contributed by atoms with E-state index in [1.54, 1.807) is 12.1 Å². The second-order valence-electron chi connectivity index (χ2n) is 5.41. The average Bonchev–Trinajstić information content (AvgIpc) is 2.43. The highest BCUT2D eigenvalue weighted by Gasteiger charge is 2.25. The van der Waals surface area contributed by atoms with Crippen LogP contribution in [0.4, 0.5) is 10.5 Å². The number of hydrogen-bond acceptors (Lipinski definition) is 2. The summed E-state index contributed by atoms with van der Waals surface area (Å²) in [5, 5.41) is 11.1. The molecule has 5 nitrogen and oxygen atoms in total. The summed E-state index contributed by atoms with van der Waals surface area (Å²) in [7, 11) is 0. The van der Waals surface area contributed by atoms with Crippen LogP contribution in [0.1, 0.15) is 37.7 Å². The molecule has 2 amide bonds. The van der Waals surface area contributed by atoms with Crippen LogP contribution in [0.2, 0.25) is 5.02 Å². The standard InChI is InChI=1S/C15H21ClN4O/c1-10-6-5-9-12(16)13(10)20(14(17)18)15(21)19-11-7-3-2-4-8-11/h5-6,9,11H,2-4,7-8H2,1H3,(H3,17,18)(H,19,21). The third-order valence-corrected chi connectivity index (χ3v) is 4.09. The third-order valence-electron chi connectivity index (χ3n) is 3.79. The zero-order valence-corrected chi connectivity index (χ0v) is 12.9. The molecule has 1 aliphatic rings. The number of nitrogens with zero attached hydrogens (tertiary/aromatic N) is 1. The maximum atomic E-state index is 12.5. The van der Waals surface area contributed by atoms with Gasteiger partial charge in [-0.15, -0.1) is 0 Å². The lowest BCUT2D eigenvalue weighted by Gasteiger charge is -2.28. The number of urea groups is 1. The van der Waals surface area contributed by atoms with E-state index in [0.29, 0.717) is 10.7 Å².